The summed E-state index contributed by atoms with van der Waals surface area (Å²) >= 11 is 0. The number of nitrogens with one attached hydrogen (secondary N) is 2. The van der Waals surface area contributed by atoms with Gasteiger partial charge in [-0.1, -0.05) is 18.2 Å². The van der Waals surface area contributed by atoms with Crippen LogP contribution in [0.2, 0.25) is 0 Å². The molecule has 5 rings (SSSR count). The topological polar surface area (TPSA) is 157 Å². The maximum Gasteiger partial charge on any atom is 0.264 e. The van der Waals surface area contributed by atoms with Gasteiger partial charge in [-0.15, -0.1) is 0 Å². The molecular weight excluding hydrogens is 558 g/mol. The Balaban J connectivity index is 1.36. The van der Waals surface area contributed by atoms with E-state index in [-0.39, 0.29) is 27.1 Å². The summed E-state index contributed by atoms with van der Waals surface area (Å²) in [4.78, 5) is 20.7. The highest BCUT2D eigenvalue weighted by Crippen LogP contribution is 2.35. The largest absolute Gasteiger partial charge is 0.486 e. The molecule has 0 unspecified atom stereocenters. The van der Waals surface area contributed by atoms with Crippen LogP contribution in [0.1, 0.15) is 0 Å². The molecule has 206 valence electrons. The molecular formula is C26H23N5O7S2. The summed E-state index contributed by atoms with van der Waals surface area (Å²) in [5.74, 6) is 0.100. The molecule has 1 aliphatic heterocycles. The fourth-order valence-corrected chi connectivity index (χ4v) is 6.19. The molecule has 0 atom stereocenters. The first-order valence-electron chi connectivity index (χ1n) is 11.9. The highest BCUT2D eigenvalue weighted by molar-refractivity contribution is 7.93. The third-order valence-electron chi connectivity index (χ3n) is 5.67. The Labute approximate surface area is 230 Å². The number of anilines is 3. The van der Waals surface area contributed by atoms with Gasteiger partial charge in [0, 0.05) is 24.1 Å². The number of amides is 1. The van der Waals surface area contributed by atoms with E-state index in [0.29, 0.717) is 24.7 Å². The first kappa shape index (κ1) is 26.9. The molecule has 1 aromatic heterocycles. The zero-order chi connectivity index (χ0) is 28.2. The molecule has 0 spiro atoms. The van der Waals surface area contributed by atoms with E-state index in [9.17, 15) is 21.6 Å². The van der Waals surface area contributed by atoms with Crippen molar-refractivity contribution in [2.75, 3.05) is 34.1 Å². The summed E-state index contributed by atoms with van der Waals surface area (Å²) in [6, 6.07) is 19.3. The summed E-state index contributed by atoms with van der Waals surface area (Å²) in [7, 11) is -8.12. The van der Waals surface area contributed by atoms with Crippen molar-refractivity contribution in [1.29, 1.82) is 0 Å². The van der Waals surface area contributed by atoms with Crippen LogP contribution < -0.4 is 23.8 Å². The molecule has 0 fully saturated rings. The van der Waals surface area contributed by atoms with Crippen molar-refractivity contribution < 1.29 is 31.1 Å². The second-order valence-corrected chi connectivity index (χ2v) is 11.9. The second kappa shape index (κ2) is 11.2. The summed E-state index contributed by atoms with van der Waals surface area (Å²) in [5.41, 5.74) is 0.470. The van der Waals surface area contributed by atoms with Gasteiger partial charge < -0.3 is 14.8 Å². The van der Waals surface area contributed by atoms with Gasteiger partial charge in [-0.25, -0.2) is 31.5 Å². The number of hydrogen-bond donors (Lipinski definition) is 2. The monoisotopic (exact) mass is 581 g/mol. The van der Waals surface area contributed by atoms with Crippen LogP contribution in [0.5, 0.6) is 11.5 Å². The van der Waals surface area contributed by atoms with E-state index in [1.165, 1.54) is 60.9 Å². The van der Waals surface area contributed by atoms with E-state index < -0.39 is 32.5 Å². The molecule has 0 saturated carbocycles. The minimum absolute atomic E-state index is 0.00199. The Hall–Kier alpha value is -4.69. The smallest absolute Gasteiger partial charge is 0.264 e. The number of fused-ring (bicyclic) bond motifs is 1. The number of benzene rings is 3. The van der Waals surface area contributed by atoms with Crippen molar-refractivity contribution in [3.63, 3.8) is 0 Å². The second-order valence-electron chi connectivity index (χ2n) is 8.40. The van der Waals surface area contributed by atoms with Crippen LogP contribution in [-0.2, 0) is 24.8 Å². The molecule has 14 heteroatoms. The maximum atomic E-state index is 13.6. The molecule has 40 heavy (non-hydrogen) atoms. The molecule has 12 nitrogen and oxygen atoms in total. The Morgan fingerprint density at radius 2 is 1.48 bits per heavy atom. The zero-order valence-electron chi connectivity index (χ0n) is 20.8. The molecule has 1 aliphatic rings. The van der Waals surface area contributed by atoms with Crippen LogP contribution in [-0.4, -0.2) is 52.5 Å². The van der Waals surface area contributed by atoms with Gasteiger partial charge in [0.25, 0.3) is 20.0 Å². The molecule has 3 aromatic carbocycles. The van der Waals surface area contributed by atoms with Crippen molar-refractivity contribution in [1.82, 2.24) is 9.97 Å². The van der Waals surface area contributed by atoms with Gasteiger partial charge in [0.2, 0.25) is 11.9 Å². The molecule has 2 N–H and O–H groups in total. The highest BCUT2D eigenvalue weighted by atomic mass is 32.2. The van der Waals surface area contributed by atoms with Crippen molar-refractivity contribution in [3.8, 4) is 11.5 Å². The summed E-state index contributed by atoms with van der Waals surface area (Å²) in [5, 5.41) is 2.62. The van der Waals surface area contributed by atoms with Crippen LogP contribution >= 0.6 is 0 Å². The van der Waals surface area contributed by atoms with E-state index in [1.54, 1.807) is 30.3 Å². The third kappa shape index (κ3) is 5.97. The van der Waals surface area contributed by atoms with Crippen LogP contribution in [0.4, 0.5) is 17.3 Å². The fourth-order valence-electron chi connectivity index (χ4n) is 3.80. The van der Waals surface area contributed by atoms with Crippen molar-refractivity contribution in [2.24, 2.45) is 0 Å². The van der Waals surface area contributed by atoms with Gasteiger partial charge in [-0.3, -0.25) is 9.10 Å². The van der Waals surface area contributed by atoms with E-state index in [0.717, 1.165) is 4.31 Å². The number of ether oxygens (including phenoxy) is 2. The number of carbonyl (C=O) groups is 1. The van der Waals surface area contributed by atoms with E-state index in [1.807, 2.05) is 0 Å². The van der Waals surface area contributed by atoms with Crippen LogP contribution in [0.25, 0.3) is 0 Å². The lowest BCUT2D eigenvalue weighted by atomic mass is 10.2. The zero-order valence-corrected chi connectivity index (χ0v) is 22.4. The molecule has 4 aromatic rings. The number of hydrogen-bond acceptors (Lipinski definition) is 9. The Morgan fingerprint density at radius 3 is 2.17 bits per heavy atom. The van der Waals surface area contributed by atoms with Crippen LogP contribution in [0.15, 0.2) is 101 Å². The predicted molar refractivity (Wildman–Crippen MR) is 146 cm³/mol. The molecule has 0 saturated heterocycles. The Kier molecular flexibility index (Phi) is 7.53. The molecule has 2 heterocycles. The van der Waals surface area contributed by atoms with Gasteiger partial charge >= 0.3 is 0 Å². The summed E-state index contributed by atoms with van der Waals surface area (Å²) in [6.07, 6.45) is 2.80. The maximum absolute atomic E-state index is 13.6. The minimum Gasteiger partial charge on any atom is -0.486 e. The van der Waals surface area contributed by atoms with Crippen molar-refractivity contribution >= 4 is 43.3 Å². The number of carbonyl (C=O) groups excluding carboxylic acids is 1. The van der Waals surface area contributed by atoms with Crippen LogP contribution in [0.3, 0.4) is 0 Å². The minimum atomic E-state index is -4.15. The van der Waals surface area contributed by atoms with Crippen molar-refractivity contribution in [2.45, 2.75) is 9.79 Å². The van der Waals surface area contributed by atoms with E-state index >= 15 is 0 Å². The molecule has 0 aliphatic carbocycles. The third-order valence-corrected chi connectivity index (χ3v) is 8.80. The molecule has 0 radical (unpaired) electrons. The number of rotatable bonds is 9. The van der Waals surface area contributed by atoms with Gasteiger partial charge in [0.15, 0.2) is 11.5 Å². The standard InChI is InChI=1S/C26H23N5O7S2/c32-25(29-19-7-10-21(11-8-19)39(33,34)30-26-27-13-4-14-28-26)18-31(40(35,36)22-5-2-1-3-6-22)20-9-12-23-24(17-20)38-16-15-37-23/h1-14,17H,15-16,18H2,(H,29,32)(H,27,28,30). The van der Waals surface area contributed by atoms with Crippen molar-refractivity contribution in [3.05, 3.63) is 91.3 Å². The quantitative estimate of drug-likeness (QED) is 0.303. The predicted octanol–water partition coefficient (Wildman–Crippen LogP) is 2.88. The lowest BCUT2D eigenvalue weighted by Gasteiger charge is -2.26. The SMILES string of the molecule is O=C(CN(c1ccc2c(c1)OCCO2)S(=O)(=O)c1ccccc1)Nc1ccc(S(=O)(=O)Nc2ncccn2)cc1. The first-order chi connectivity index (χ1) is 19.2. The van der Waals surface area contributed by atoms with Gasteiger partial charge in [-0.05, 0) is 54.6 Å². The van der Waals surface area contributed by atoms with Gasteiger partial charge in [0.05, 0.1) is 15.5 Å². The average Bonchev–Trinajstić information content (AvgIpc) is 2.96. The molecule has 0 bridgehead atoms. The molecule has 1 amide bonds. The normalized spacial score (nSPS) is 12.8. The summed E-state index contributed by atoms with van der Waals surface area (Å²) < 4.78 is 66.8. The Bertz CT molecular complexity index is 1720. The highest BCUT2D eigenvalue weighted by Gasteiger charge is 2.28. The first-order valence-corrected chi connectivity index (χ1v) is 14.8. The van der Waals surface area contributed by atoms with E-state index in [2.05, 4.69) is 20.0 Å². The van der Waals surface area contributed by atoms with Gasteiger partial charge in [0.1, 0.15) is 19.8 Å². The Morgan fingerprint density at radius 1 is 0.800 bits per heavy atom. The lowest BCUT2D eigenvalue weighted by molar-refractivity contribution is -0.114. The number of sulfonamides is 2. The summed E-state index contributed by atoms with van der Waals surface area (Å²) in [6.45, 7) is 0.114. The number of aromatic nitrogens is 2. The fraction of sp³-hybridized carbons (Fsp3) is 0.115. The van der Waals surface area contributed by atoms with E-state index in [4.69, 9.17) is 9.47 Å². The van der Waals surface area contributed by atoms with Gasteiger partial charge in [-0.2, -0.15) is 0 Å². The number of nitrogens with zero attached hydrogens (tertiary/aromatic N) is 3. The lowest BCUT2D eigenvalue weighted by Crippen LogP contribution is -2.38. The average molecular weight is 582 g/mol. The van der Waals surface area contributed by atoms with Crippen LogP contribution in [0, 0.1) is 0 Å².